The normalized spacial score (nSPS) is 11.9. The Labute approximate surface area is 85.9 Å². The van der Waals surface area contributed by atoms with Crippen LogP contribution in [0.25, 0.3) is 10.8 Å². The molecule has 0 saturated carbocycles. The molecular weight excluding hydrogens is 219 g/mol. The van der Waals surface area contributed by atoms with E-state index in [0.717, 1.165) is 12.1 Å². The molecule has 2 aromatic rings. The molecule has 0 N–H and O–H groups in total. The molecule has 0 atom stereocenters. The predicted octanol–water partition coefficient (Wildman–Crippen LogP) is 1.88. The molecule has 2 aromatic carbocycles. The second-order valence-corrected chi connectivity index (χ2v) is 4.39. The molecular formula is C10H6FO3S-. The zero-order valence-corrected chi connectivity index (χ0v) is 8.29. The van der Waals surface area contributed by atoms with Gasteiger partial charge < -0.3 is 4.55 Å². The van der Waals surface area contributed by atoms with E-state index in [-0.39, 0.29) is 15.7 Å². The molecule has 0 aliphatic heterocycles. The van der Waals surface area contributed by atoms with E-state index in [0.29, 0.717) is 0 Å². The summed E-state index contributed by atoms with van der Waals surface area (Å²) in [5.74, 6) is -0.544. The monoisotopic (exact) mass is 225 g/mol. The second kappa shape index (κ2) is 3.29. The van der Waals surface area contributed by atoms with Crippen molar-refractivity contribution in [3.8, 4) is 0 Å². The molecule has 0 saturated heterocycles. The van der Waals surface area contributed by atoms with Crippen LogP contribution in [0.3, 0.4) is 0 Å². The van der Waals surface area contributed by atoms with Gasteiger partial charge in [0.15, 0.2) is 0 Å². The molecule has 0 aliphatic carbocycles. The summed E-state index contributed by atoms with van der Waals surface area (Å²) >= 11 is 0. The highest BCUT2D eigenvalue weighted by Crippen LogP contribution is 2.24. The Bertz CT molecular complexity index is 620. The molecule has 0 aliphatic rings. The van der Waals surface area contributed by atoms with Crippen LogP contribution in [0.5, 0.6) is 0 Å². The fraction of sp³-hybridized carbons (Fsp3) is 0. The molecule has 0 unspecified atom stereocenters. The zero-order chi connectivity index (χ0) is 11.1. The minimum absolute atomic E-state index is 0.118. The number of halogens is 1. The Morgan fingerprint density at radius 1 is 1.00 bits per heavy atom. The first-order valence-electron chi connectivity index (χ1n) is 4.13. The summed E-state index contributed by atoms with van der Waals surface area (Å²) in [4.78, 5) is -0.389. The van der Waals surface area contributed by atoms with Crippen molar-refractivity contribution in [2.45, 2.75) is 4.90 Å². The van der Waals surface area contributed by atoms with Crippen molar-refractivity contribution in [3.63, 3.8) is 0 Å². The predicted molar refractivity (Wildman–Crippen MR) is 51.9 cm³/mol. The quantitative estimate of drug-likeness (QED) is 0.696. The van der Waals surface area contributed by atoms with E-state index < -0.39 is 15.9 Å². The van der Waals surface area contributed by atoms with Gasteiger partial charge in [-0.1, -0.05) is 24.3 Å². The standard InChI is InChI=1S/C10H7FO3S/c11-9-5-6-10(15(12,13)14)8-4-2-1-3-7(8)9/h1-6H,(H,12,13,14)/p-1. The summed E-state index contributed by atoms with van der Waals surface area (Å²) in [5, 5.41) is 0.252. The first kappa shape index (κ1) is 10.1. The molecule has 3 nitrogen and oxygen atoms in total. The Morgan fingerprint density at radius 2 is 1.60 bits per heavy atom. The third kappa shape index (κ3) is 1.71. The lowest BCUT2D eigenvalue weighted by molar-refractivity contribution is 0.464. The third-order valence-electron chi connectivity index (χ3n) is 2.10. The van der Waals surface area contributed by atoms with E-state index in [1.54, 1.807) is 12.1 Å². The molecule has 5 heteroatoms. The van der Waals surface area contributed by atoms with Gasteiger partial charge in [0.2, 0.25) is 0 Å². The molecule has 0 aromatic heterocycles. The number of fused-ring (bicyclic) bond motifs is 1. The lowest BCUT2D eigenvalue weighted by Gasteiger charge is -2.10. The second-order valence-electron chi connectivity index (χ2n) is 3.05. The van der Waals surface area contributed by atoms with Gasteiger partial charge in [-0.2, -0.15) is 0 Å². The zero-order valence-electron chi connectivity index (χ0n) is 7.48. The summed E-state index contributed by atoms with van der Waals surface area (Å²) in [6.45, 7) is 0. The van der Waals surface area contributed by atoms with Gasteiger partial charge in [-0.3, -0.25) is 0 Å². The molecule has 0 radical (unpaired) electrons. The van der Waals surface area contributed by atoms with E-state index in [1.165, 1.54) is 12.1 Å². The van der Waals surface area contributed by atoms with Crippen LogP contribution >= 0.6 is 0 Å². The van der Waals surface area contributed by atoms with E-state index in [1.807, 2.05) is 0 Å². The Morgan fingerprint density at radius 3 is 2.20 bits per heavy atom. The molecule has 78 valence electrons. The maximum absolute atomic E-state index is 13.3. The molecule has 15 heavy (non-hydrogen) atoms. The van der Waals surface area contributed by atoms with Crippen molar-refractivity contribution >= 4 is 20.9 Å². The maximum Gasteiger partial charge on any atom is 0.131 e. The third-order valence-corrected chi connectivity index (χ3v) is 2.99. The van der Waals surface area contributed by atoms with Crippen LogP contribution in [0.15, 0.2) is 41.3 Å². The van der Waals surface area contributed by atoms with Gasteiger partial charge in [-0.05, 0) is 12.1 Å². The van der Waals surface area contributed by atoms with Gasteiger partial charge in [0.05, 0.1) is 4.90 Å². The first-order valence-corrected chi connectivity index (χ1v) is 5.54. The van der Waals surface area contributed by atoms with E-state index in [4.69, 9.17) is 0 Å². The summed E-state index contributed by atoms with van der Waals surface area (Å²) in [5.41, 5.74) is 0. The Balaban J connectivity index is 2.96. The van der Waals surface area contributed by atoms with Crippen LogP contribution in [0.4, 0.5) is 4.39 Å². The summed E-state index contributed by atoms with van der Waals surface area (Å²) < 4.78 is 45.9. The fourth-order valence-electron chi connectivity index (χ4n) is 1.45. The highest BCUT2D eigenvalue weighted by atomic mass is 32.2. The summed E-state index contributed by atoms with van der Waals surface area (Å²) in [6, 6.07) is 7.93. The molecule has 0 fully saturated rings. The van der Waals surface area contributed by atoms with Gasteiger partial charge in [-0.25, -0.2) is 12.8 Å². The number of hydrogen-bond acceptors (Lipinski definition) is 3. The topological polar surface area (TPSA) is 57.2 Å². The van der Waals surface area contributed by atoms with Crippen molar-refractivity contribution in [2.24, 2.45) is 0 Å². The van der Waals surface area contributed by atoms with Gasteiger partial charge in [0.25, 0.3) is 0 Å². The van der Waals surface area contributed by atoms with E-state index >= 15 is 0 Å². The molecule has 2 rings (SSSR count). The van der Waals surface area contributed by atoms with Gasteiger partial charge in [0, 0.05) is 10.8 Å². The SMILES string of the molecule is O=S(=O)([O-])c1ccc(F)c2ccccc12. The molecule has 0 spiro atoms. The van der Waals surface area contributed by atoms with Crippen molar-refractivity contribution in [3.05, 3.63) is 42.2 Å². The maximum atomic E-state index is 13.3. The summed E-state index contributed by atoms with van der Waals surface area (Å²) in [6.07, 6.45) is 0. The highest BCUT2D eigenvalue weighted by molar-refractivity contribution is 7.86. The minimum atomic E-state index is -4.56. The molecule has 0 heterocycles. The lowest BCUT2D eigenvalue weighted by atomic mass is 10.1. The molecule has 0 amide bonds. The van der Waals surface area contributed by atoms with Crippen molar-refractivity contribution in [1.29, 1.82) is 0 Å². The minimum Gasteiger partial charge on any atom is -0.744 e. The van der Waals surface area contributed by atoms with Crippen LogP contribution in [-0.4, -0.2) is 13.0 Å². The van der Waals surface area contributed by atoms with Gasteiger partial charge in [-0.15, -0.1) is 0 Å². The molecule has 0 bridgehead atoms. The average Bonchev–Trinajstić information content (AvgIpc) is 2.17. The smallest absolute Gasteiger partial charge is 0.131 e. The van der Waals surface area contributed by atoms with Crippen molar-refractivity contribution in [1.82, 2.24) is 0 Å². The van der Waals surface area contributed by atoms with E-state index in [9.17, 15) is 17.4 Å². The Hall–Kier alpha value is -1.46. The van der Waals surface area contributed by atoms with Gasteiger partial charge in [0.1, 0.15) is 15.9 Å². The number of rotatable bonds is 1. The lowest BCUT2D eigenvalue weighted by Crippen LogP contribution is -2.00. The highest BCUT2D eigenvalue weighted by Gasteiger charge is 2.09. The number of hydrogen-bond donors (Lipinski definition) is 0. The van der Waals surface area contributed by atoms with Crippen LogP contribution in [0, 0.1) is 5.82 Å². The van der Waals surface area contributed by atoms with Gasteiger partial charge >= 0.3 is 0 Å². The van der Waals surface area contributed by atoms with Crippen LogP contribution in [0.1, 0.15) is 0 Å². The first-order chi connectivity index (χ1) is 7.00. The van der Waals surface area contributed by atoms with Crippen LogP contribution < -0.4 is 0 Å². The van der Waals surface area contributed by atoms with Crippen molar-refractivity contribution < 1.29 is 17.4 Å². The summed E-state index contributed by atoms with van der Waals surface area (Å²) in [7, 11) is -4.56. The van der Waals surface area contributed by atoms with Crippen LogP contribution in [-0.2, 0) is 10.1 Å². The average molecular weight is 225 g/mol. The van der Waals surface area contributed by atoms with Crippen LogP contribution in [0.2, 0.25) is 0 Å². The van der Waals surface area contributed by atoms with E-state index in [2.05, 4.69) is 0 Å². The Kier molecular flexibility index (Phi) is 2.21. The largest absolute Gasteiger partial charge is 0.744 e. The fourth-order valence-corrected chi connectivity index (χ4v) is 2.13. The number of benzene rings is 2. The van der Waals surface area contributed by atoms with Crippen molar-refractivity contribution in [2.75, 3.05) is 0 Å².